The molecule has 0 saturated heterocycles. The summed E-state index contributed by atoms with van der Waals surface area (Å²) in [6, 6.07) is 17.7. The van der Waals surface area contributed by atoms with Gasteiger partial charge < -0.3 is 19.8 Å². The zero-order valence-corrected chi connectivity index (χ0v) is 22.0. The molecule has 0 aliphatic heterocycles. The smallest absolute Gasteiger partial charge is 0.356 e. The van der Waals surface area contributed by atoms with Crippen molar-refractivity contribution < 1.29 is 14.4 Å². The summed E-state index contributed by atoms with van der Waals surface area (Å²) in [5.41, 5.74) is 5.82. The number of hydrogen-bond donors (Lipinski definition) is 4. The maximum Gasteiger partial charge on any atom is 0.356 e. The third kappa shape index (κ3) is 4.28. The van der Waals surface area contributed by atoms with Gasteiger partial charge in [-0.05, 0) is 116 Å². The van der Waals surface area contributed by atoms with Crippen molar-refractivity contribution in [2.75, 3.05) is 0 Å². The molecule has 0 atom stereocenters. The molecule has 3 aromatic carbocycles. The van der Waals surface area contributed by atoms with Gasteiger partial charge in [0, 0.05) is 47.8 Å². The molecule has 0 spiro atoms. The van der Waals surface area contributed by atoms with E-state index in [0.717, 1.165) is 45.6 Å². The SMILES string of the molecule is O=P(O)(O)c1cccc(Cc2c[nH]c3ccc(I)cc23)c1Cc1c[nH]c2ccc(I)cc12. The summed E-state index contributed by atoms with van der Waals surface area (Å²) in [6.45, 7) is 0. The normalized spacial score (nSPS) is 12.1. The van der Waals surface area contributed by atoms with Crippen LogP contribution in [-0.2, 0) is 17.4 Å². The largest absolute Gasteiger partial charge is 0.361 e. The molecule has 2 heterocycles. The highest BCUT2D eigenvalue weighted by molar-refractivity contribution is 14.1. The molecule has 5 nitrogen and oxygen atoms in total. The molecule has 2 aromatic heterocycles. The molecule has 4 N–H and O–H groups in total. The number of hydrogen-bond acceptors (Lipinski definition) is 1. The lowest BCUT2D eigenvalue weighted by atomic mass is 9.95. The molecule has 0 aliphatic rings. The summed E-state index contributed by atoms with van der Waals surface area (Å²) in [6.07, 6.45) is 4.96. The molecule has 8 heteroatoms. The van der Waals surface area contributed by atoms with Crippen LogP contribution in [0.5, 0.6) is 0 Å². The predicted molar refractivity (Wildman–Crippen MR) is 146 cm³/mol. The predicted octanol–water partition coefficient (Wildman–Crippen LogP) is 5.84. The lowest BCUT2D eigenvalue weighted by Gasteiger charge is -2.16. The van der Waals surface area contributed by atoms with E-state index in [4.69, 9.17) is 0 Å². The molecule has 0 fully saturated rings. The maximum atomic E-state index is 12.4. The maximum absolute atomic E-state index is 12.4. The first-order valence-electron chi connectivity index (χ1n) is 9.97. The van der Waals surface area contributed by atoms with Crippen LogP contribution in [0.1, 0.15) is 22.3 Å². The summed E-state index contributed by atoms with van der Waals surface area (Å²) in [5.74, 6) is 0. The van der Waals surface area contributed by atoms with E-state index in [0.29, 0.717) is 18.4 Å². The minimum absolute atomic E-state index is 0.101. The highest BCUT2D eigenvalue weighted by Gasteiger charge is 2.24. The van der Waals surface area contributed by atoms with Gasteiger partial charge in [0.05, 0.1) is 5.30 Å². The van der Waals surface area contributed by atoms with Crippen LogP contribution in [0.4, 0.5) is 0 Å². The number of benzene rings is 3. The van der Waals surface area contributed by atoms with Crippen LogP contribution in [0.15, 0.2) is 67.0 Å². The fourth-order valence-electron chi connectivity index (χ4n) is 4.25. The second-order valence-corrected chi connectivity index (χ2v) is 11.9. The number of fused-ring (bicyclic) bond motifs is 2. The fourth-order valence-corrected chi connectivity index (χ4v) is 6.09. The Hall–Kier alpha value is -1.65. The van der Waals surface area contributed by atoms with Crippen molar-refractivity contribution in [3.8, 4) is 0 Å². The Labute approximate surface area is 212 Å². The van der Waals surface area contributed by atoms with E-state index in [1.54, 1.807) is 12.1 Å². The lowest BCUT2D eigenvalue weighted by Crippen LogP contribution is -2.15. The van der Waals surface area contributed by atoms with E-state index in [2.05, 4.69) is 79.4 Å². The Morgan fingerprint density at radius 2 is 1.31 bits per heavy atom. The molecule has 0 aliphatic carbocycles. The molecule has 32 heavy (non-hydrogen) atoms. The van der Waals surface area contributed by atoms with E-state index in [-0.39, 0.29) is 5.30 Å². The van der Waals surface area contributed by atoms with Crippen molar-refractivity contribution in [1.82, 2.24) is 9.97 Å². The van der Waals surface area contributed by atoms with Gasteiger partial charge in [-0.2, -0.15) is 0 Å². The molecular formula is C24H19I2N2O3P. The van der Waals surface area contributed by atoms with Gasteiger partial charge in [0.2, 0.25) is 0 Å². The van der Waals surface area contributed by atoms with Crippen molar-refractivity contribution in [2.24, 2.45) is 0 Å². The van der Waals surface area contributed by atoms with Crippen LogP contribution in [0.3, 0.4) is 0 Å². The minimum atomic E-state index is -4.44. The number of nitrogens with one attached hydrogen (secondary N) is 2. The molecule has 0 radical (unpaired) electrons. The summed E-state index contributed by atoms with van der Waals surface area (Å²) in [7, 11) is -4.44. The number of aromatic nitrogens is 2. The number of halogens is 2. The van der Waals surface area contributed by atoms with Crippen LogP contribution < -0.4 is 5.30 Å². The Balaban J connectivity index is 1.64. The molecule has 0 amide bonds. The van der Waals surface area contributed by atoms with Gasteiger partial charge >= 0.3 is 7.60 Å². The fraction of sp³-hybridized carbons (Fsp3) is 0.0833. The summed E-state index contributed by atoms with van der Waals surface area (Å²) in [5, 5.41) is 2.31. The molecule has 5 rings (SSSR count). The summed E-state index contributed by atoms with van der Waals surface area (Å²) >= 11 is 4.58. The van der Waals surface area contributed by atoms with Crippen molar-refractivity contribution in [2.45, 2.75) is 12.8 Å². The van der Waals surface area contributed by atoms with Crippen LogP contribution in [0.2, 0.25) is 0 Å². The topological polar surface area (TPSA) is 89.1 Å². The van der Waals surface area contributed by atoms with Crippen molar-refractivity contribution in [3.63, 3.8) is 0 Å². The van der Waals surface area contributed by atoms with Gasteiger partial charge in [-0.25, -0.2) is 0 Å². The highest BCUT2D eigenvalue weighted by atomic mass is 127. The van der Waals surface area contributed by atoms with Gasteiger partial charge in [-0.15, -0.1) is 0 Å². The zero-order valence-electron chi connectivity index (χ0n) is 16.8. The number of aromatic amines is 2. The molecule has 162 valence electrons. The first-order chi connectivity index (χ1) is 15.3. The van der Waals surface area contributed by atoms with Crippen molar-refractivity contribution in [3.05, 3.63) is 96.4 Å². The molecule has 5 aromatic rings. The van der Waals surface area contributed by atoms with E-state index in [9.17, 15) is 14.4 Å². The van der Waals surface area contributed by atoms with E-state index < -0.39 is 7.60 Å². The summed E-state index contributed by atoms with van der Waals surface area (Å²) in [4.78, 5) is 26.8. The second-order valence-electron chi connectivity index (χ2n) is 7.82. The quantitative estimate of drug-likeness (QED) is 0.140. The second kappa shape index (κ2) is 8.61. The Morgan fingerprint density at radius 3 is 1.88 bits per heavy atom. The van der Waals surface area contributed by atoms with Crippen LogP contribution in [0.25, 0.3) is 21.8 Å². The lowest BCUT2D eigenvalue weighted by molar-refractivity contribution is 0.387. The van der Waals surface area contributed by atoms with E-state index in [1.165, 1.54) is 0 Å². The monoisotopic (exact) mass is 668 g/mol. The highest BCUT2D eigenvalue weighted by Crippen LogP contribution is 2.37. The molecular weight excluding hydrogens is 649 g/mol. The average Bonchev–Trinajstić information content (AvgIpc) is 3.32. The standard InChI is InChI=1S/C24H19I2N2O3P/c25-17-4-6-22-19(10-17)15(12-27-22)8-14-2-1-3-24(32(29,30)31)21(14)9-16-13-28-23-7-5-18(26)11-20(16)23/h1-7,10-13,27-28H,8-9H2,(H2,29,30,31). The Bertz CT molecular complexity index is 1520. The number of rotatable bonds is 5. The van der Waals surface area contributed by atoms with E-state index >= 15 is 0 Å². The number of H-pyrrole nitrogens is 2. The van der Waals surface area contributed by atoms with Crippen LogP contribution in [0, 0.1) is 7.14 Å². The van der Waals surface area contributed by atoms with Crippen LogP contribution >= 0.6 is 52.8 Å². The Kier molecular flexibility index (Phi) is 5.96. The molecule has 0 bridgehead atoms. The van der Waals surface area contributed by atoms with Crippen molar-refractivity contribution >= 4 is 79.9 Å². The van der Waals surface area contributed by atoms with Gasteiger partial charge in [0.25, 0.3) is 0 Å². The van der Waals surface area contributed by atoms with Crippen molar-refractivity contribution in [1.29, 1.82) is 0 Å². The minimum Gasteiger partial charge on any atom is -0.361 e. The first kappa shape index (κ1) is 22.2. The third-order valence-electron chi connectivity index (χ3n) is 5.77. The van der Waals surface area contributed by atoms with Gasteiger partial charge in [-0.3, -0.25) is 4.57 Å². The van der Waals surface area contributed by atoms with E-state index in [1.807, 2.05) is 30.6 Å². The van der Waals surface area contributed by atoms with Crippen LogP contribution in [-0.4, -0.2) is 19.8 Å². The zero-order chi connectivity index (χ0) is 22.5. The molecule has 0 unspecified atom stereocenters. The summed E-state index contributed by atoms with van der Waals surface area (Å²) < 4.78 is 14.7. The third-order valence-corrected chi connectivity index (χ3v) is 8.16. The van der Waals surface area contributed by atoms with Gasteiger partial charge in [0.1, 0.15) is 0 Å². The Morgan fingerprint density at radius 1 is 0.750 bits per heavy atom. The average molecular weight is 668 g/mol. The molecule has 0 saturated carbocycles. The first-order valence-corrected chi connectivity index (χ1v) is 13.7. The van der Waals surface area contributed by atoms with Gasteiger partial charge in [-0.1, -0.05) is 12.1 Å². The van der Waals surface area contributed by atoms with Gasteiger partial charge in [0.15, 0.2) is 0 Å².